The number of aromatic nitrogens is 3. The van der Waals surface area contributed by atoms with E-state index in [9.17, 15) is 4.79 Å². The third-order valence-corrected chi connectivity index (χ3v) is 7.03. The van der Waals surface area contributed by atoms with Gasteiger partial charge in [0.2, 0.25) is 5.95 Å². The number of fused-ring (bicyclic) bond motifs is 1. The summed E-state index contributed by atoms with van der Waals surface area (Å²) in [5.74, 6) is 0.993. The van der Waals surface area contributed by atoms with E-state index in [2.05, 4.69) is 20.2 Å². The maximum absolute atomic E-state index is 13.5. The number of hydrogen-bond donors (Lipinski definition) is 1. The van der Waals surface area contributed by atoms with Crippen LogP contribution in [0.2, 0.25) is 0 Å². The van der Waals surface area contributed by atoms with Crippen molar-refractivity contribution in [3.05, 3.63) is 64.8 Å². The van der Waals surface area contributed by atoms with E-state index < -0.39 is 0 Å². The summed E-state index contributed by atoms with van der Waals surface area (Å²) >= 11 is 2.89. The molecule has 1 amide bonds. The maximum atomic E-state index is 13.5. The zero-order chi connectivity index (χ0) is 20.7. The Morgan fingerprint density at radius 3 is 2.70 bits per heavy atom. The molecule has 2 aromatic carbocycles. The van der Waals surface area contributed by atoms with Crippen molar-refractivity contribution in [2.45, 2.75) is 4.90 Å². The number of thioether (sulfide) groups is 2. The number of carbonyl (C=O) groups is 1. The highest BCUT2D eigenvalue weighted by molar-refractivity contribution is 8.20. The molecule has 10 heteroatoms. The van der Waals surface area contributed by atoms with Crippen LogP contribution in [0.15, 0.2) is 74.7 Å². The van der Waals surface area contributed by atoms with E-state index in [0.717, 1.165) is 27.0 Å². The van der Waals surface area contributed by atoms with Gasteiger partial charge in [0.05, 0.1) is 23.5 Å². The van der Waals surface area contributed by atoms with Gasteiger partial charge < -0.3 is 9.64 Å². The number of rotatable bonds is 3. The second-order valence-electron chi connectivity index (χ2n) is 6.41. The van der Waals surface area contributed by atoms with Gasteiger partial charge in [0.15, 0.2) is 5.17 Å². The van der Waals surface area contributed by atoms with Crippen LogP contribution in [0.25, 0.3) is 0 Å². The van der Waals surface area contributed by atoms with Crippen molar-refractivity contribution < 1.29 is 9.53 Å². The molecule has 1 aromatic heterocycles. The first-order chi connectivity index (χ1) is 14.7. The van der Waals surface area contributed by atoms with Crippen LogP contribution in [0, 0.1) is 0 Å². The molecular weight excluding hydrogens is 420 g/mol. The number of aliphatic imine (C=N–C) groups is 1. The lowest BCUT2D eigenvalue weighted by Crippen LogP contribution is -2.29. The molecule has 2 aliphatic heterocycles. The monoisotopic (exact) mass is 436 g/mol. The van der Waals surface area contributed by atoms with Crippen LogP contribution in [0.5, 0.6) is 5.75 Å². The highest BCUT2D eigenvalue weighted by Gasteiger charge is 2.40. The molecule has 30 heavy (non-hydrogen) atoms. The first-order valence-corrected chi connectivity index (χ1v) is 10.6. The van der Waals surface area contributed by atoms with Gasteiger partial charge in [0.1, 0.15) is 17.0 Å². The van der Waals surface area contributed by atoms with Crippen molar-refractivity contribution in [1.82, 2.24) is 15.2 Å². The number of hydrogen-bond acceptors (Lipinski definition) is 8. The van der Waals surface area contributed by atoms with Crippen molar-refractivity contribution in [2.24, 2.45) is 4.99 Å². The predicted octanol–water partition coefficient (Wildman–Crippen LogP) is 3.99. The van der Waals surface area contributed by atoms with E-state index in [0.29, 0.717) is 16.0 Å². The Bertz CT molecular complexity index is 1180. The molecule has 0 unspecified atom stereocenters. The maximum Gasteiger partial charge on any atom is 0.274 e. The summed E-state index contributed by atoms with van der Waals surface area (Å²) in [5.41, 5.74) is 1.75. The minimum atomic E-state index is -0.126. The fraction of sp³-hybridized carbons (Fsp3) is 0.100. The number of amides is 1. The zero-order valence-corrected chi connectivity index (χ0v) is 17.7. The minimum absolute atomic E-state index is 0.126. The average Bonchev–Trinajstić information content (AvgIpc) is 3.47. The second-order valence-corrected chi connectivity index (χ2v) is 8.42. The summed E-state index contributed by atoms with van der Waals surface area (Å²) in [6, 6.07) is 15.4. The molecule has 8 nitrogen and oxygen atoms in total. The van der Waals surface area contributed by atoms with E-state index in [1.165, 1.54) is 18.1 Å². The van der Waals surface area contributed by atoms with E-state index in [4.69, 9.17) is 4.74 Å². The molecule has 3 aromatic rings. The fourth-order valence-electron chi connectivity index (χ4n) is 3.18. The first-order valence-electron chi connectivity index (χ1n) is 9.01. The number of amidine groups is 1. The number of benzene rings is 2. The van der Waals surface area contributed by atoms with Crippen LogP contribution < -0.4 is 14.5 Å². The predicted molar refractivity (Wildman–Crippen MR) is 119 cm³/mol. The van der Waals surface area contributed by atoms with Crippen LogP contribution in [-0.4, -0.2) is 40.4 Å². The molecule has 1 saturated heterocycles. The Morgan fingerprint density at radius 1 is 1.13 bits per heavy atom. The summed E-state index contributed by atoms with van der Waals surface area (Å²) in [6.45, 7) is 0. The number of aromatic amines is 1. The summed E-state index contributed by atoms with van der Waals surface area (Å²) in [5, 5.41) is 7.95. The van der Waals surface area contributed by atoms with Crippen LogP contribution >= 0.6 is 23.5 Å². The van der Waals surface area contributed by atoms with E-state index >= 15 is 0 Å². The molecule has 0 spiro atoms. The van der Waals surface area contributed by atoms with Crippen LogP contribution in [0.3, 0.4) is 0 Å². The molecule has 150 valence electrons. The van der Waals surface area contributed by atoms with Gasteiger partial charge in [0.25, 0.3) is 5.91 Å². The zero-order valence-electron chi connectivity index (χ0n) is 16.1. The number of para-hydroxylation sites is 1. The lowest BCUT2D eigenvalue weighted by molar-refractivity contribution is -0.113. The molecule has 1 fully saturated rings. The van der Waals surface area contributed by atoms with Gasteiger partial charge in [-0.25, -0.2) is 5.10 Å². The number of ether oxygens (including phenoxy) is 1. The molecule has 3 heterocycles. The van der Waals surface area contributed by atoms with E-state index in [1.54, 1.807) is 23.8 Å². The Kier molecular flexibility index (Phi) is 4.72. The summed E-state index contributed by atoms with van der Waals surface area (Å²) in [6.07, 6.45) is 1.39. The molecular formula is C20H16N6O2S2. The quantitative estimate of drug-likeness (QED) is 0.621. The second kappa shape index (κ2) is 7.54. The highest BCUT2D eigenvalue weighted by Crippen LogP contribution is 2.51. The van der Waals surface area contributed by atoms with Gasteiger partial charge in [-0.2, -0.15) is 15.1 Å². The molecule has 1 N–H and O–H groups in total. The van der Waals surface area contributed by atoms with Crippen molar-refractivity contribution in [1.29, 1.82) is 0 Å². The summed E-state index contributed by atoms with van der Waals surface area (Å²) < 4.78 is 5.35. The smallest absolute Gasteiger partial charge is 0.274 e. The number of methoxy groups -OCH3 is 1. The van der Waals surface area contributed by atoms with Gasteiger partial charge in [-0.3, -0.25) is 9.69 Å². The Hall–Kier alpha value is -3.24. The molecule has 0 bridgehead atoms. The highest BCUT2D eigenvalue weighted by atomic mass is 32.2. The third-order valence-electron chi connectivity index (χ3n) is 4.63. The van der Waals surface area contributed by atoms with Gasteiger partial charge >= 0.3 is 0 Å². The van der Waals surface area contributed by atoms with E-state index in [-0.39, 0.29) is 5.91 Å². The van der Waals surface area contributed by atoms with Crippen molar-refractivity contribution >= 4 is 51.9 Å². The van der Waals surface area contributed by atoms with Gasteiger partial charge in [-0.05, 0) is 36.0 Å². The lowest BCUT2D eigenvalue weighted by atomic mass is 10.2. The first kappa shape index (κ1) is 18.8. The normalized spacial score (nSPS) is 19.7. The Balaban J connectivity index is 1.59. The number of H-pyrrole nitrogens is 1. The van der Waals surface area contributed by atoms with Crippen LogP contribution in [-0.2, 0) is 4.79 Å². The molecule has 0 atom stereocenters. The van der Waals surface area contributed by atoms with Gasteiger partial charge in [-0.1, -0.05) is 30.0 Å². The summed E-state index contributed by atoms with van der Waals surface area (Å²) in [4.78, 5) is 27.4. The molecule has 0 radical (unpaired) electrons. The molecule has 5 rings (SSSR count). The number of carbonyl (C=O) groups excluding carboxylic acids is 1. The Morgan fingerprint density at radius 2 is 1.97 bits per heavy atom. The molecule has 0 saturated carbocycles. The molecule has 0 aliphatic carbocycles. The largest absolute Gasteiger partial charge is 0.497 e. The fourth-order valence-corrected chi connectivity index (χ4v) is 5.49. The lowest BCUT2D eigenvalue weighted by Gasteiger charge is -2.16. The minimum Gasteiger partial charge on any atom is -0.497 e. The van der Waals surface area contributed by atoms with Crippen molar-refractivity contribution in [3.63, 3.8) is 0 Å². The standard InChI is InChI=1S/C20H16N6O2S2/c1-25-14-10-13(28-2)8-9-15(14)29-18(25)16-17(27)26(12-6-4-3-5-7-12)20(30-16)23-19-21-11-22-24-19/h3-11H,1-2H3,(H,21,22,24)/b18-16-,23-20-. The van der Waals surface area contributed by atoms with Gasteiger partial charge in [-0.15, -0.1) is 0 Å². The number of nitrogens with one attached hydrogen (secondary N) is 1. The topological polar surface area (TPSA) is 86.7 Å². The van der Waals surface area contributed by atoms with Crippen molar-refractivity contribution in [3.8, 4) is 5.75 Å². The SMILES string of the molecule is COc1ccc2c(c1)N(C)/C(=C1/S/C(=N\c3ncn[nH]3)N(c3ccccc3)C1=O)S2. The average molecular weight is 437 g/mol. The number of anilines is 2. The molecule has 2 aliphatic rings. The van der Waals surface area contributed by atoms with E-state index in [1.807, 2.05) is 60.5 Å². The Labute approximate surface area is 181 Å². The third kappa shape index (κ3) is 3.14. The van der Waals surface area contributed by atoms with Crippen molar-refractivity contribution in [2.75, 3.05) is 24.0 Å². The van der Waals surface area contributed by atoms with Crippen LogP contribution in [0.1, 0.15) is 0 Å². The summed E-state index contributed by atoms with van der Waals surface area (Å²) in [7, 11) is 3.59. The number of nitrogens with zero attached hydrogens (tertiary/aromatic N) is 5. The van der Waals surface area contributed by atoms with Gasteiger partial charge in [0, 0.05) is 18.0 Å². The van der Waals surface area contributed by atoms with Crippen LogP contribution in [0.4, 0.5) is 17.3 Å².